The Balaban J connectivity index is 2.01. The van der Waals surface area contributed by atoms with E-state index in [1.165, 1.54) is 17.8 Å². The lowest BCUT2D eigenvalue weighted by atomic mass is 10.1. The number of hydrogen-bond donors (Lipinski definition) is 1. The van der Waals surface area contributed by atoms with Gasteiger partial charge in [0.2, 0.25) is 0 Å². The Labute approximate surface area is 118 Å². The summed E-state index contributed by atoms with van der Waals surface area (Å²) in [6.07, 6.45) is 2.89. The number of nitrogens with zero attached hydrogens (tertiary/aromatic N) is 1. The fourth-order valence-electron chi connectivity index (χ4n) is 2.07. The molecule has 0 aliphatic heterocycles. The molecule has 1 aromatic carbocycles. The molecule has 1 N–H and O–H groups in total. The van der Waals surface area contributed by atoms with Crippen LogP contribution in [0.1, 0.15) is 29.7 Å². The van der Waals surface area contributed by atoms with Gasteiger partial charge in [0.1, 0.15) is 5.82 Å². The van der Waals surface area contributed by atoms with E-state index in [2.05, 4.69) is 22.4 Å². The van der Waals surface area contributed by atoms with E-state index in [1.54, 1.807) is 13.3 Å². The molecule has 0 saturated heterocycles. The summed E-state index contributed by atoms with van der Waals surface area (Å²) in [5, 5.41) is 3.38. The maximum Gasteiger partial charge on any atom is 0.141 e. The zero-order chi connectivity index (χ0) is 14.4. The van der Waals surface area contributed by atoms with Crippen LogP contribution in [-0.2, 0) is 17.9 Å². The summed E-state index contributed by atoms with van der Waals surface area (Å²) in [7, 11) is 1.69. The first-order chi connectivity index (χ1) is 9.70. The van der Waals surface area contributed by atoms with Crippen molar-refractivity contribution in [2.24, 2.45) is 0 Å². The molecule has 0 aliphatic carbocycles. The average Bonchev–Trinajstić information content (AvgIpc) is 2.46. The molecule has 4 heteroatoms. The van der Waals surface area contributed by atoms with Crippen LogP contribution >= 0.6 is 0 Å². The van der Waals surface area contributed by atoms with Gasteiger partial charge in [-0.2, -0.15) is 0 Å². The molecule has 1 unspecified atom stereocenters. The number of rotatable bonds is 6. The second-order valence-corrected chi connectivity index (χ2v) is 4.74. The van der Waals surface area contributed by atoms with Crippen molar-refractivity contribution in [2.45, 2.75) is 26.1 Å². The van der Waals surface area contributed by atoms with E-state index >= 15 is 0 Å². The van der Waals surface area contributed by atoms with E-state index in [4.69, 9.17) is 4.74 Å². The van der Waals surface area contributed by atoms with E-state index in [9.17, 15) is 4.39 Å². The van der Waals surface area contributed by atoms with Gasteiger partial charge in [0.25, 0.3) is 0 Å². The van der Waals surface area contributed by atoms with Crippen molar-refractivity contribution in [1.82, 2.24) is 10.3 Å². The molecular weight excluding hydrogens is 255 g/mol. The highest BCUT2D eigenvalue weighted by Crippen LogP contribution is 2.15. The van der Waals surface area contributed by atoms with Gasteiger partial charge in [-0.25, -0.2) is 4.39 Å². The fourth-order valence-corrected chi connectivity index (χ4v) is 2.07. The van der Waals surface area contributed by atoms with Gasteiger partial charge >= 0.3 is 0 Å². The number of nitrogens with one attached hydrogen (secondary N) is 1. The van der Waals surface area contributed by atoms with Gasteiger partial charge in [0.15, 0.2) is 0 Å². The molecule has 0 bridgehead atoms. The SMILES string of the molecule is COCc1ccccc1CNC(C)c1cncc(F)c1. The van der Waals surface area contributed by atoms with Gasteiger partial charge < -0.3 is 10.1 Å². The maximum atomic E-state index is 13.1. The quantitative estimate of drug-likeness (QED) is 0.878. The van der Waals surface area contributed by atoms with Crippen LogP contribution in [0.3, 0.4) is 0 Å². The summed E-state index contributed by atoms with van der Waals surface area (Å²) in [5.41, 5.74) is 3.19. The smallest absolute Gasteiger partial charge is 0.141 e. The average molecular weight is 274 g/mol. The molecule has 0 amide bonds. The molecule has 0 spiro atoms. The lowest BCUT2D eigenvalue weighted by molar-refractivity contribution is 0.184. The van der Waals surface area contributed by atoms with Crippen molar-refractivity contribution in [3.63, 3.8) is 0 Å². The second kappa shape index (κ2) is 7.12. The van der Waals surface area contributed by atoms with Crippen molar-refractivity contribution in [3.8, 4) is 0 Å². The van der Waals surface area contributed by atoms with Gasteiger partial charge in [-0.05, 0) is 29.7 Å². The van der Waals surface area contributed by atoms with Crippen molar-refractivity contribution < 1.29 is 9.13 Å². The minimum atomic E-state index is -0.309. The van der Waals surface area contributed by atoms with Crippen LogP contribution in [0.25, 0.3) is 0 Å². The predicted octanol–water partition coefficient (Wildman–Crippen LogP) is 3.22. The van der Waals surface area contributed by atoms with Crippen LogP contribution in [0.4, 0.5) is 4.39 Å². The first-order valence-electron chi connectivity index (χ1n) is 6.60. The third-order valence-electron chi connectivity index (χ3n) is 3.24. The van der Waals surface area contributed by atoms with E-state index in [0.29, 0.717) is 13.2 Å². The molecular formula is C16H19FN2O. The Morgan fingerprint density at radius 2 is 2.00 bits per heavy atom. The zero-order valence-electron chi connectivity index (χ0n) is 11.8. The second-order valence-electron chi connectivity index (χ2n) is 4.74. The topological polar surface area (TPSA) is 34.1 Å². The maximum absolute atomic E-state index is 13.1. The minimum absolute atomic E-state index is 0.0359. The molecule has 2 aromatic rings. The summed E-state index contributed by atoms with van der Waals surface area (Å²) >= 11 is 0. The number of halogens is 1. The summed E-state index contributed by atoms with van der Waals surface area (Å²) in [6, 6.07) is 9.66. The normalized spacial score (nSPS) is 12.3. The number of aromatic nitrogens is 1. The summed E-state index contributed by atoms with van der Waals surface area (Å²) in [6.45, 7) is 3.29. The molecule has 0 radical (unpaired) electrons. The molecule has 1 heterocycles. The molecule has 3 nitrogen and oxygen atoms in total. The molecule has 1 aromatic heterocycles. The monoisotopic (exact) mass is 274 g/mol. The highest BCUT2D eigenvalue weighted by molar-refractivity contribution is 5.26. The van der Waals surface area contributed by atoms with Gasteiger partial charge in [0, 0.05) is 25.9 Å². The van der Waals surface area contributed by atoms with Crippen LogP contribution in [0.5, 0.6) is 0 Å². The fraction of sp³-hybridized carbons (Fsp3) is 0.312. The van der Waals surface area contributed by atoms with E-state index in [-0.39, 0.29) is 11.9 Å². The van der Waals surface area contributed by atoms with Gasteiger partial charge in [-0.3, -0.25) is 4.98 Å². The summed E-state index contributed by atoms with van der Waals surface area (Å²) in [5.74, 6) is -0.309. The van der Waals surface area contributed by atoms with Crippen LogP contribution in [0.15, 0.2) is 42.7 Å². The largest absolute Gasteiger partial charge is 0.380 e. The number of benzene rings is 1. The van der Waals surface area contributed by atoms with Crippen LogP contribution in [-0.4, -0.2) is 12.1 Å². The van der Waals surface area contributed by atoms with Crippen LogP contribution < -0.4 is 5.32 Å². The van der Waals surface area contributed by atoms with E-state index < -0.39 is 0 Å². The van der Waals surface area contributed by atoms with Gasteiger partial charge in [-0.15, -0.1) is 0 Å². The molecule has 2 rings (SSSR count). The van der Waals surface area contributed by atoms with Gasteiger partial charge in [0.05, 0.1) is 12.8 Å². The minimum Gasteiger partial charge on any atom is -0.380 e. The van der Waals surface area contributed by atoms with Crippen molar-refractivity contribution in [1.29, 1.82) is 0 Å². The highest BCUT2D eigenvalue weighted by atomic mass is 19.1. The first kappa shape index (κ1) is 14.6. The third kappa shape index (κ3) is 3.85. The lowest BCUT2D eigenvalue weighted by Gasteiger charge is -2.16. The molecule has 0 fully saturated rings. The number of hydrogen-bond acceptors (Lipinski definition) is 3. The molecule has 106 valence electrons. The van der Waals surface area contributed by atoms with Crippen molar-refractivity contribution in [3.05, 3.63) is 65.2 Å². The van der Waals surface area contributed by atoms with Crippen molar-refractivity contribution in [2.75, 3.05) is 7.11 Å². The Kier molecular flexibility index (Phi) is 5.21. The first-order valence-corrected chi connectivity index (χ1v) is 6.60. The third-order valence-corrected chi connectivity index (χ3v) is 3.24. The summed E-state index contributed by atoms with van der Waals surface area (Å²) < 4.78 is 18.3. The predicted molar refractivity (Wildman–Crippen MR) is 76.6 cm³/mol. The Hall–Kier alpha value is -1.78. The molecule has 0 aliphatic rings. The zero-order valence-corrected chi connectivity index (χ0v) is 11.8. The molecule has 1 atom stereocenters. The molecule has 20 heavy (non-hydrogen) atoms. The van der Waals surface area contributed by atoms with Crippen LogP contribution in [0, 0.1) is 5.82 Å². The number of ether oxygens (including phenoxy) is 1. The Morgan fingerprint density at radius 1 is 1.25 bits per heavy atom. The highest BCUT2D eigenvalue weighted by Gasteiger charge is 2.08. The Morgan fingerprint density at radius 3 is 2.70 bits per heavy atom. The Bertz CT molecular complexity index is 560. The van der Waals surface area contributed by atoms with Crippen molar-refractivity contribution >= 4 is 0 Å². The van der Waals surface area contributed by atoms with Crippen LogP contribution in [0.2, 0.25) is 0 Å². The summed E-state index contributed by atoms with van der Waals surface area (Å²) in [4.78, 5) is 3.87. The standard InChI is InChI=1S/C16H19FN2O/c1-12(15-7-16(17)10-18-8-15)19-9-13-5-3-4-6-14(13)11-20-2/h3-8,10,12,19H,9,11H2,1-2H3. The molecule has 0 saturated carbocycles. The number of methoxy groups -OCH3 is 1. The number of pyridine rings is 1. The van der Waals surface area contributed by atoms with E-state index in [1.807, 2.05) is 19.1 Å². The van der Waals surface area contributed by atoms with Gasteiger partial charge in [-0.1, -0.05) is 24.3 Å². The van der Waals surface area contributed by atoms with E-state index in [0.717, 1.165) is 11.1 Å². The lowest BCUT2D eigenvalue weighted by Crippen LogP contribution is -2.19.